The highest BCUT2D eigenvalue weighted by molar-refractivity contribution is 5.98. The summed E-state index contributed by atoms with van der Waals surface area (Å²) in [6, 6.07) is 25.3. The molecule has 0 aromatic heterocycles. The molecule has 0 unspecified atom stereocenters. The van der Waals surface area contributed by atoms with Crippen molar-refractivity contribution in [2.24, 2.45) is 11.7 Å². The Morgan fingerprint density at radius 3 is 2.29 bits per heavy atom. The molecule has 42 heavy (non-hydrogen) atoms. The molecule has 2 fully saturated rings. The number of hydrogen-bond donors (Lipinski definition) is 2. The molecule has 0 atom stereocenters. The van der Waals surface area contributed by atoms with Crippen LogP contribution in [0.5, 0.6) is 0 Å². The Hall–Kier alpha value is -3.64. The summed E-state index contributed by atoms with van der Waals surface area (Å²) in [4.78, 5) is 30.8. The van der Waals surface area contributed by atoms with E-state index >= 15 is 0 Å². The fourth-order valence-electron chi connectivity index (χ4n) is 6.00. The van der Waals surface area contributed by atoms with E-state index in [1.807, 2.05) is 30.3 Å². The first-order valence-corrected chi connectivity index (χ1v) is 15.8. The number of unbranched alkanes of at least 4 members (excludes halogenated alkanes) is 1. The van der Waals surface area contributed by atoms with Crippen molar-refractivity contribution in [3.63, 3.8) is 0 Å². The van der Waals surface area contributed by atoms with Crippen molar-refractivity contribution in [2.75, 3.05) is 23.8 Å². The number of hydrogen-bond acceptors (Lipinski definition) is 4. The van der Waals surface area contributed by atoms with Gasteiger partial charge in [0.2, 0.25) is 11.8 Å². The van der Waals surface area contributed by atoms with E-state index in [4.69, 9.17) is 5.73 Å². The van der Waals surface area contributed by atoms with Crippen molar-refractivity contribution in [1.29, 1.82) is 0 Å². The molecule has 0 bridgehead atoms. The number of carbonyl (C=O) groups is 2. The molecule has 3 aromatic rings. The standard InChI is InChI=1S/C36H46N4O2/c1-3-4-21-39(2)34-20-15-30(24-33(34)38-36(42)28-13-14-28)29-12-8-11-27(22-29)25-40(32-18-16-31(37)17-19-32)35(41)23-26-9-6-5-7-10-26/h5-12,15,20,22,24,28,31-32H,3-4,13-14,16-19,21,23,25,37H2,1-2H3,(H,38,42). The van der Waals surface area contributed by atoms with Gasteiger partial charge in [0.15, 0.2) is 0 Å². The molecule has 6 heteroatoms. The molecule has 6 nitrogen and oxygen atoms in total. The van der Waals surface area contributed by atoms with Crippen molar-refractivity contribution < 1.29 is 9.59 Å². The molecule has 3 N–H and O–H groups in total. The highest BCUT2D eigenvalue weighted by atomic mass is 16.2. The van der Waals surface area contributed by atoms with E-state index in [2.05, 4.69) is 71.6 Å². The summed E-state index contributed by atoms with van der Waals surface area (Å²) < 4.78 is 0. The van der Waals surface area contributed by atoms with Crippen LogP contribution in [0.15, 0.2) is 72.8 Å². The first-order valence-electron chi connectivity index (χ1n) is 15.8. The normalized spacial score (nSPS) is 18.4. The minimum absolute atomic E-state index is 0.116. The maximum atomic E-state index is 13.7. The third-order valence-corrected chi connectivity index (χ3v) is 8.77. The van der Waals surface area contributed by atoms with Crippen LogP contribution in [0.25, 0.3) is 11.1 Å². The van der Waals surface area contributed by atoms with Gasteiger partial charge in [-0.2, -0.15) is 0 Å². The van der Waals surface area contributed by atoms with Crippen LogP contribution in [0.3, 0.4) is 0 Å². The number of anilines is 2. The lowest BCUT2D eigenvalue weighted by atomic mass is 9.90. The van der Waals surface area contributed by atoms with Crippen LogP contribution in [-0.2, 0) is 22.6 Å². The van der Waals surface area contributed by atoms with Crippen molar-refractivity contribution in [1.82, 2.24) is 4.90 Å². The summed E-state index contributed by atoms with van der Waals surface area (Å²) >= 11 is 0. The number of benzene rings is 3. The molecule has 222 valence electrons. The molecule has 2 amide bonds. The first-order chi connectivity index (χ1) is 20.4. The molecule has 5 rings (SSSR count). The zero-order chi connectivity index (χ0) is 29.5. The number of rotatable bonds is 12. The molecule has 0 aliphatic heterocycles. The third-order valence-electron chi connectivity index (χ3n) is 8.77. The maximum Gasteiger partial charge on any atom is 0.227 e. The van der Waals surface area contributed by atoms with Crippen molar-refractivity contribution in [3.8, 4) is 11.1 Å². The summed E-state index contributed by atoms with van der Waals surface area (Å²) in [5, 5.41) is 3.23. The fourth-order valence-corrected chi connectivity index (χ4v) is 6.00. The van der Waals surface area contributed by atoms with Gasteiger partial charge >= 0.3 is 0 Å². The van der Waals surface area contributed by atoms with Crippen LogP contribution in [-0.4, -0.2) is 42.4 Å². The first kappa shape index (κ1) is 29.8. The van der Waals surface area contributed by atoms with E-state index in [1.165, 1.54) is 0 Å². The number of nitrogens with two attached hydrogens (primary N) is 1. The molecule has 2 aliphatic rings. The molecule has 2 aliphatic carbocycles. The molecule has 0 radical (unpaired) electrons. The van der Waals surface area contributed by atoms with Crippen LogP contribution in [0.4, 0.5) is 11.4 Å². The Labute approximate surface area is 251 Å². The Bertz CT molecular complexity index is 1350. The van der Waals surface area contributed by atoms with Gasteiger partial charge in [-0.25, -0.2) is 0 Å². The Morgan fingerprint density at radius 1 is 0.857 bits per heavy atom. The van der Waals surface area contributed by atoms with E-state index < -0.39 is 0 Å². The number of amides is 2. The van der Waals surface area contributed by atoms with Gasteiger partial charge in [0, 0.05) is 38.1 Å². The Morgan fingerprint density at radius 2 is 1.57 bits per heavy atom. The maximum absolute atomic E-state index is 13.7. The summed E-state index contributed by atoms with van der Waals surface area (Å²) in [6.45, 7) is 3.71. The second-order valence-electron chi connectivity index (χ2n) is 12.2. The smallest absolute Gasteiger partial charge is 0.227 e. The zero-order valence-electron chi connectivity index (χ0n) is 25.2. The van der Waals surface area contributed by atoms with E-state index in [-0.39, 0.29) is 29.8 Å². The van der Waals surface area contributed by atoms with E-state index in [0.717, 1.165) is 91.5 Å². The quantitative estimate of drug-likeness (QED) is 0.253. The van der Waals surface area contributed by atoms with Crippen LogP contribution < -0.4 is 16.0 Å². The van der Waals surface area contributed by atoms with Gasteiger partial charge in [0.05, 0.1) is 17.8 Å². The molecule has 0 spiro atoms. The number of carbonyl (C=O) groups excluding carboxylic acids is 2. The molecule has 2 saturated carbocycles. The molecule has 0 heterocycles. The minimum Gasteiger partial charge on any atom is -0.373 e. The molecule has 3 aromatic carbocycles. The predicted molar refractivity (Wildman–Crippen MR) is 172 cm³/mol. The largest absolute Gasteiger partial charge is 0.373 e. The third kappa shape index (κ3) is 7.80. The minimum atomic E-state index is 0.116. The number of nitrogens with zero attached hydrogens (tertiary/aromatic N) is 2. The monoisotopic (exact) mass is 566 g/mol. The summed E-state index contributed by atoms with van der Waals surface area (Å²) in [6.07, 6.45) is 8.36. The Kier molecular flexibility index (Phi) is 9.96. The second kappa shape index (κ2) is 14.0. The lowest BCUT2D eigenvalue weighted by Crippen LogP contribution is -2.44. The van der Waals surface area contributed by atoms with Gasteiger partial charge in [0.1, 0.15) is 0 Å². The highest BCUT2D eigenvalue weighted by Crippen LogP contribution is 2.35. The summed E-state index contributed by atoms with van der Waals surface area (Å²) in [5.74, 6) is 0.418. The SMILES string of the molecule is CCCCN(C)c1ccc(-c2cccc(CN(C(=O)Cc3ccccc3)C3CCC(N)CC3)c2)cc1NC(=O)C1CC1. The van der Waals surface area contributed by atoms with Crippen LogP contribution in [0.2, 0.25) is 0 Å². The van der Waals surface area contributed by atoms with E-state index in [9.17, 15) is 9.59 Å². The topological polar surface area (TPSA) is 78.7 Å². The van der Waals surface area contributed by atoms with Gasteiger partial charge in [-0.05, 0) is 85.4 Å². The van der Waals surface area contributed by atoms with Gasteiger partial charge in [-0.1, -0.05) is 67.9 Å². The van der Waals surface area contributed by atoms with Crippen LogP contribution in [0, 0.1) is 5.92 Å². The molecule has 0 saturated heterocycles. The predicted octanol–water partition coefficient (Wildman–Crippen LogP) is 6.78. The van der Waals surface area contributed by atoms with E-state index in [0.29, 0.717) is 13.0 Å². The van der Waals surface area contributed by atoms with Gasteiger partial charge < -0.3 is 20.9 Å². The van der Waals surface area contributed by atoms with Crippen molar-refractivity contribution >= 4 is 23.2 Å². The average molecular weight is 567 g/mol. The van der Waals surface area contributed by atoms with Gasteiger partial charge in [-0.3, -0.25) is 9.59 Å². The Balaban J connectivity index is 1.39. The summed E-state index contributed by atoms with van der Waals surface area (Å²) in [5.41, 5.74) is 12.4. The van der Waals surface area contributed by atoms with Gasteiger partial charge in [0.25, 0.3) is 0 Å². The van der Waals surface area contributed by atoms with Crippen LogP contribution in [0.1, 0.15) is 69.4 Å². The zero-order valence-corrected chi connectivity index (χ0v) is 25.2. The van der Waals surface area contributed by atoms with Crippen LogP contribution >= 0.6 is 0 Å². The highest BCUT2D eigenvalue weighted by Gasteiger charge is 2.30. The molecular weight excluding hydrogens is 520 g/mol. The van der Waals surface area contributed by atoms with Gasteiger partial charge in [-0.15, -0.1) is 0 Å². The number of nitrogens with one attached hydrogen (secondary N) is 1. The summed E-state index contributed by atoms with van der Waals surface area (Å²) in [7, 11) is 2.09. The van der Waals surface area contributed by atoms with Crippen molar-refractivity contribution in [3.05, 3.63) is 83.9 Å². The van der Waals surface area contributed by atoms with Crippen molar-refractivity contribution in [2.45, 2.75) is 83.3 Å². The van der Waals surface area contributed by atoms with E-state index in [1.54, 1.807) is 0 Å². The lowest BCUT2D eigenvalue weighted by molar-refractivity contribution is -0.134. The average Bonchev–Trinajstić information content (AvgIpc) is 3.86. The lowest BCUT2D eigenvalue weighted by Gasteiger charge is -2.36. The molecular formula is C36H46N4O2. The fraction of sp³-hybridized carbons (Fsp3) is 0.444. The second-order valence-corrected chi connectivity index (χ2v) is 12.2.